The van der Waals surface area contributed by atoms with E-state index in [1.165, 1.54) is 34.6 Å². The molecule has 4 aromatic rings. The van der Waals surface area contributed by atoms with Crippen LogP contribution in [0.4, 0.5) is 5.69 Å². The summed E-state index contributed by atoms with van der Waals surface area (Å²) < 4.78 is 34.1. The molecule has 0 unspecified atom stereocenters. The van der Waals surface area contributed by atoms with E-state index in [-0.39, 0.29) is 29.3 Å². The van der Waals surface area contributed by atoms with Gasteiger partial charge in [-0.05, 0) is 78.4 Å². The number of rotatable bonds is 9. The number of sulfonamides is 1. The van der Waals surface area contributed by atoms with Gasteiger partial charge in [-0.2, -0.15) is 9.57 Å². The third kappa shape index (κ3) is 7.51. The van der Waals surface area contributed by atoms with E-state index < -0.39 is 15.9 Å². The second kappa shape index (κ2) is 12.5. The Morgan fingerprint density at radius 3 is 2.00 bits per heavy atom. The van der Waals surface area contributed by atoms with Crippen LogP contribution < -0.4 is 5.32 Å². The summed E-state index contributed by atoms with van der Waals surface area (Å²) in [5, 5.41) is 13.6. The zero-order chi connectivity index (χ0) is 28.0. The van der Waals surface area contributed by atoms with Crippen molar-refractivity contribution in [2.45, 2.75) is 18.0 Å². The number of hydrogen-bond donors (Lipinski definition) is 1. The molecule has 0 spiro atoms. The molecule has 0 bridgehead atoms. The smallest absolute Gasteiger partial charge is 0.266 e. The first kappa shape index (κ1) is 28.4. The molecule has 1 amide bonds. The van der Waals surface area contributed by atoms with Crippen LogP contribution in [0.15, 0.2) is 99.8 Å². The molecule has 1 heterocycles. The van der Waals surface area contributed by atoms with Crippen LogP contribution in [-0.2, 0) is 27.9 Å². The van der Waals surface area contributed by atoms with Gasteiger partial charge in [0.2, 0.25) is 10.0 Å². The summed E-state index contributed by atoms with van der Waals surface area (Å²) in [4.78, 5) is 12.6. The maximum absolute atomic E-state index is 13.5. The van der Waals surface area contributed by atoms with Gasteiger partial charge in [0.25, 0.3) is 5.91 Å². The number of halogens is 3. The van der Waals surface area contributed by atoms with Gasteiger partial charge in [0.05, 0.1) is 11.4 Å². The molecule has 11 heteroatoms. The molecule has 7 nitrogen and oxygen atoms in total. The molecular weight excluding hydrogens is 581 g/mol. The lowest BCUT2D eigenvalue weighted by Crippen LogP contribution is -2.30. The Hall–Kier alpha value is -3.58. The van der Waals surface area contributed by atoms with Gasteiger partial charge in [0.1, 0.15) is 23.2 Å². The highest BCUT2D eigenvalue weighted by Crippen LogP contribution is 2.25. The van der Waals surface area contributed by atoms with Crippen molar-refractivity contribution in [3.8, 4) is 6.07 Å². The molecule has 1 aromatic heterocycles. The van der Waals surface area contributed by atoms with Crippen molar-refractivity contribution in [3.05, 3.63) is 123 Å². The second-order valence-corrected chi connectivity index (χ2v) is 11.5. The molecule has 0 aliphatic heterocycles. The van der Waals surface area contributed by atoms with Crippen molar-refractivity contribution in [3.63, 3.8) is 0 Å². The highest BCUT2D eigenvalue weighted by atomic mass is 35.5. The van der Waals surface area contributed by atoms with Crippen LogP contribution in [0.2, 0.25) is 15.1 Å². The molecule has 4 rings (SSSR count). The van der Waals surface area contributed by atoms with Crippen LogP contribution >= 0.6 is 34.8 Å². The Bertz CT molecular complexity index is 1640. The van der Waals surface area contributed by atoms with Gasteiger partial charge in [-0.3, -0.25) is 4.79 Å². The predicted octanol–water partition coefficient (Wildman–Crippen LogP) is 7.18. The highest BCUT2D eigenvalue weighted by Gasteiger charge is 2.26. The van der Waals surface area contributed by atoms with Crippen LogP contribution in [0.5, 0.6) is 0 Å². The Kier molecular flexibility index (Phi) is 9.12. The van der Waals surface area contributed by atoms with E-state index in [1.54, 1.807) is 60.7 Å². The summed E-state index contributed by atoms with van der Waals surface area (Å²) in [6.07, 6.45) is 1.28. The number of carbonyl (C=O) groups excluding carboxylic acids is 1. The number of nitrogens with zero attached hydrogens (tertiary/aromatic N) is 2. The minimum atomic E-state index is -3.95. The minimum absolute atomic E-state index is 0.0426. The van der Waals surface area contributed by atoms with E-state index in [9.17, 15) is 18.5 Å². The molecule has 39 heavy (non-hydrogen) atoms. The average molecular weight is 601 g/mol. The van der Waals surface area contributed by atoms with Crippen molar-refractivity contribution >= 4 is 62.5 Å². The van der Waals surface area contributed by atoms with Gasteiger partial charge in [-0.1, -0.05) is 46.9 Å². The SMILES string of the molecule is N#C/C(=C/c1ccc(CN(Cc2ccc(Cl)cc2)S(=O)(=O)c2ccc(Cl)cc2)o1)C(=O)Nc1ccc(Cl)cc1. The third-order valence-corrected chi connectivity index (χ3v) is 8.05. The van der Waals surface area contributed by atoms with Crippen LogP contribution in [0, 0.1) is 11.3 Å². The van der Waals surface area contributed by atoms with E-state index in [4.69, 9.17) is 39.2 Å². The van der Waals surface area contributed by atoms with Gasteiger partial charge < -0.3 is 9.73 Å². The largest absolute Gasteiger partial charge is 0.460 e. The third-order valence-electron chi connectivity index (χ3n) is 5.49. The van der Waals surface area contributed by atoms with Gasteiger partial charge in [-0.15, -0.1) is 0 Å². The quantitative estimate of drug-likeness (QED) is 0.162. The Morgan fingerprint density at radius 1 is 0.846 bits per heavy atom. The van der Waals surface area contributed by atoms with E-state index in [1.807, 2.05) is 6.07 Å². The fourth-order valence-electron chi connectivity index (χ4n) is 3.53. The zero-order valence-electron chi connectivity index (χ0n) is 20.1. The zero-order valence-corrected chi connectivity index (χ0v) is 23.2. The monoisotopic (exact) mass is 599 g/mol. The Labute approximate surface area is 240 Å². The lowest BCUT2D eigenvalue weighted by atomic mass is 10.2. The number of nitrogens with one attached hydrogen (secondary N) is 1. The molecule has 0 fully saturated rings. The summed E-state index contributed by atoms with van der Waals surface area (Å²) in [6, 6.07) is 24.1. The summed E-state index contributed by atoms with van der Waals surface area (Å²) >= 11 is 17.8. The predicted molar refractivity (Wildman–Crippen MR) is 152 cm³/mol. The average Bonchev–Trinajstić information content (AvgIpc) is 3.36. The van der Waals surface area contributed by atoms with E-state index >= 15 is 0 Å². The summed E-state index contributed by atoms with van der Waals surface area (Å²) in [5.74, 6) is -0.112. The van der Waals surface area contributed by atoms with Gasteiger partial charge >= 0.3 is 0 Å². The van der Waals surface area contributed by atoms with Crippen molar-refractivity contribution < 1.29 is 17.6 Å². The van der Waals surface area contributed by atoms with E-state index in [0.29, 0.717) is 32.1 Å². The van der Waals surface area contributed by atoms with Crippen LogP contribution in [0.1, 0.15) is 17.1 Å². The molecule has 0 aliphatic carbocycles. The second-order valence-electron chi connectivity index (χ2n) is 8.29. The summed E-state index contributed by atoms with van der Waals surface area (Å²) in [5.41, 5.74) is 0.989. The summed E-state index contributed by atoms with van der Waals surface area (Å²) in [7, 11) is -3.95. The van der Waals surface area contributed by atoms with Crippen molar-refractivity contribution in [1.29, 1.82) is 5.26 Å². The Balaban J connectivity index is 1.57. The first-order valence-corrected chi connectivity index (χ1v) is 14.0. The normalized spacial score (nSPS) is 11.8. The first-order valence-electron chi connectivity index (χ1n) is 11.4. The number of anilines is 1. The fourth-order valence-corrected chi connectivity index (χ4v) is 5.30. The van der Waals surface area contributed by atoms with Crippen molar-refractivity contribution in [1.82, 2.24) is 4.31 Å². The minimum Gasteiger partial charge on any atom is -0.460 e. The lowest BCUT2D eigenvalue weighted by Gasteiger charge is -2.21. The lowest BCUT2D eigenvalue weighted by molar-refractivity contribution is -0.112. The number of furan rings is 1. The Morgan fingerprint density at radius 2 is 1.41 bits per heavy atom. The fraction of sp³-hybridized carbons (Fsp3) is 0.0714. The number of hydrogen-bond acceptors (Lipinski definition) is 5. The van der Waals surface area contributed by atoms with Gasteiger partial charge in [0, 0.05) is 33.4 Å². The molecule has 0 saturated carbocycles. The van der Waals surface area contributed by atoms with Crippen LogP contribution in [-0.4, -0.2) is 18.6 Å². The topological polar surface area (TPSA) is 103 Å². The molecule has 1 N–H and O–H groups in total. The maximum Gasteiger partial charge on any atom is 0.266 e. The molecular formula is C28H20Cl3N3O4S. The van der Waals surface area contributed by atoms with Gasteiger partial charge in [-0.25, -0.2) is 8.42 Å². The van der Waals surface area contributed by atoms with Crippen molar-refractivity contribution in [2.24, 2.45) is 0 Å². The van der Waals surface area contributed by atoms with Gasteiger partial charge in [0.15, 0.2) is 0 Å². The first-order chi connectivity index (χ1) is 18.6. The summed E-state index contributed by atoms with van der Waals surface area (Å²) in [6.45, 7) is -0.0682. The molecule has 198 valence electrons. The number of nitriles is 1. The number of benzene rings is 3. The van der Waals surface area contributed by atoms with E-state index in [0.717, 1.165) is 0 Å². The highest BCUT2D eigenvalue weighted by molar-refractivity contribution is 7.89. The number of amides is 1. The molecule has 0 aliphatic rings. The standard InChI is InChI=1S/C28H20Cl3N3O4S/c29-21-3-1-19(2-4-21)17-34(39(36,37)27-13-7-23(31)8-14-27)18-26-12-11-25(38-26)15-20(16-32)28(35)33-24-9-5-22(30)6-10-24/h1-15H,17-18H2,(H,33,35)/b20-15-. The van der Waals surface area contributed by atoms with E-state index in [2.05, 4.69) is 5.32 Å². The maximum atomic E-state index is 13.5. The van der Waals surface area contributed by atoms with Crippen LogP contribution in [0.3, 0.4) is 0 Å². The molecule has 0 saturated heterocycles. The number of carbonyl (C=O) groups is 1. The molecule has 3 aromatic carbocycles. The molecule has 0 atom stereocenters. The van der Waals surface area contributed by atoms with Crippen molar-refractivity contribution in [2.75, 3.05) is 5.32 Å². The molecule has 0 radical (unpaired) electrons. The van der Waals surface area contributed by atoms with Crippen LogP contribution in [0.25, 0.3) is 6.08 Å².